The Morgan fingerprint density at radius 2 is 2.29 bits per heavy atom. The zero-order valence-electron chi connectivity index (χ0n) is 10.5. The first-order valence-corrected chi connectivity index (χ1v) is 6.18. The van der Waals surface area contributed by atoms with E-state index in [9.17, 15) is 10.4 Å². The Bertz CT molecular complexity index is 409. The van der Waals surface area contributed by atoms with E-state index in [1.807, 2.05) is 0 Å². The molecule has 1 fully saturated rings. The summed E-state index contributed by atoms with van der Waals surface area (Å²) < 4.78 is 0. The molecule has 1 atom stereocenters. The van der Waals surface area contributed by atoms with Gasteiger partial charge in [-0.15, -0.1) is 0 Å². The smallest absolute Gasteiger partial charge is 0.103 e. The number of aliphatic hydroxyl groups is 1. The van der Waals surface area contributed by atoms with E-state index in [1.54, 1.807) is 13.8 Å². The standard InChI is InChI=1S/C13H19N3O/c1-13(2,17)12-6-5-11(16-12)9(8-14)10-4-3-7-15-10/h12,16-17H,3-7H2,1-2H3/b11-9+. The quantitative estimate of drug-likeness (QED) is 0.710. The van der Waals surface area contributed by atoms with Gasteiger partial charge < -0.3 is 10.4 Å². The normalized spacial score (nSPS) is 27.4. The third-order valence-corrected chi connectivity index (χ3v) is 3.46. The molecule has 0 radical (unpaired) electrons. The van der Waals surface area contributed by atoms with Crippen molar-refractivity contribution in [2.24, 2.45) is 4.99 Å². The van der Waals surface area contributed by atoms with Crippen LogP contribution in [0, 0.1) is 11.3 Å². The van der Waals surface area contributed by atoms with E-state index in [-0.39, 0.29) is 6.04 Å². The third kappa shape index (κ3) is 2.50. The Kier molecular flexibility index (Phi) is 3.21. The highest BCUT2D eigenvalue weighted by Crippen LogP contribution is 2.27. The van der Waals surface area contributed by atoms with E-state index in [4.69, 9.17) is 0 Å². The monoisotopic (exact) mass is 233 g/mol. The van der Waals surface area contributed by atoms with Gasteiger partial charge in [0.15, 0.2) is 0 Å². The zero-order chi connectivity index (χ0) is 12.5. The summed E-state index contributed by atoms with van der Waals surface area (Å²) in [7, 11) is 0. The molecule has 0 aliphatic carbocycles. The maximum atomic E-state index is 9.96. The van der Waals surface area contributed by atoms with Gasteiger partial charge >= 0.3 is 0 Å². The molecule has 4 nitrogen and oxygen atoms in total. The van der Waals surface area contributed by atoms with Gasteiger partial charge in [-0.1, -0.05) is 0 Å². The molecule has 2 aliphatic rings. The molecule has 4 heteroatoms. The summed E-state index contributed by atoms with van der Waals surface area (Å²) >= 11 is 0. The summed E-state index contributed by atoms with van der Waals surface area (Å²) in [5.74, 6) is 0. The fourth-order valence-corrected chi connectivity index (χ4v) is 2.42. The van der Waals surface area contributed by atoms with E-state index in [1.165, 1.54) is 0 Å². The van der Waals surface area contributed by atoms with Gasteiger partial charge in [0.25, 0.3) is 0 Å². The van der Waals surface area contributed by atoms with Crippen molar-refractivity contribution < 1.29 is 5.11 Å². The Labute approximate surface area is 102 Å². The number of nitriles is 1. The van der Waals surface area contributed by atoms with Crippen LogP contribution in [-0.2, 0) is 0 Å². The Hall–Kier alpha value is -1.34. The van der Waals surface area contributed by atoms with Crippen molar-refractivity contribution in [3.05, 3.63) is 11.3 Å². The minimum Gasteiger partial charge on any atom is -0.388 e. The summed E-state index contributed by atoms with van der Waals surface area (Å²) in [6, 6.07) is 2.29. The summed E-state index contributed by atoms with van der Waals surface area (Å²) in [5.41, 5.74) is 1.85. The van der Waals surface area contributed by atoms with Crippen LogP contribution < -0.4 is 5.32 Å². The molecule has 0 saturated carbocycles. The Morgan fingerprint density at radius 1 is 1.53 bits per heavy atom. The maximum absolute atomic E-state index is 9.96. The van der Waals surface area contributed by atoms with Crippen molar-refractivity contribution >= 4 is 5.71 Å². The van der Waals surface area contributed by atoms with Gasteiger partial charge in [-0.2, -0.15) is 5.26 Å². The zero-order valence-corrected chi connectivity index (χ0v) is 10.5. The molecule has 2 rings (SSSR count). The first-order valence-electron chi connectivity index (χ1n) is 6.18. The molecule has 0 bridgehead atoms. The van der Waals surface area contributed by atoms with Crippen molar-refractivity contribution in [2.75, 3.05) is 6.54 Å². The van der Waals surface area contributed by atoms with E-state index < -0.39 is 5.60 Å². The second-order valence-corrected chi connectivity index (χ2v) is 5.29. The molecule has 0 amide bonds. The van der Waals surface area contributed by atoms with Crippen molar-refractivity contribution in [3.63, 3.8) is 0 Å². The van der Waals surface area contributed by atoms with Crippen molar-refractivity contribution in [2.45, 2.75) is 51.2 Å². The van der Waals surface area contributed by atoms with Crippen LogP contribution >= 0.6 is 0 Å². The molecule has 2 heterocycles. The molecule has 2 aliphatic heterocycles. The van der Waals surface area contributed by atoms with E-state index in [2.05, 4.69) is 16.4 Å². The highest BCUT2D eigenvalue weighted by molar-refractivity contribution is 6.04. The van der Waals surface area contributed by atoms with Crippen molar-refractivity contribution in [3.8, 4) is 6.07 Å². The lowest BCUT2D eigenvalue weighted by atomic mass is 9.98. The number of nitrogens with zero attached hydrogens (tertiary/aromatic N) is 2. The Balaban J connectivity index is 2.19. The largest absolute Gasteiger partial charge is 0.388 e. The first-order chi connectivity index (χ1) is 8.02. The fourth-order valence-electron chi connectivity index (χ4n) is 2.42. The van der Waals surface area contributed by atoms with Crippen molar-refractivity contribution in [1.82, 2.24) is 5.32 Å². The average molecular weight is 233 g/mol. The second-order valence-electron chi connectivity index (χ2n) is 5.29. The number of hydrogen-bond donors (Lipinski definition) is 2. The molecule has 1 saturated heterocycles. The van der Waals surface area contributed by atoms with E-state index >= 15 is 0 Å². The van der Waals surface area contributed by atoms with Gasteiger partial charge in [0.05, 0.1) is 22.9 Å². The van der Waals surface area contributed by atoms with Crippen LogP contribution in [0.5, 0.6) is 0 Å². The van der Waals surface area contributed by atoms with Crippen LogP contribution in [0.2, 0.25) is 0 Å². The second kappa shape index (κ2) is 4.50. The Morgan fingerprint density at radius 3 is 2.76 bits per heavy atom. The highest BCUT2D eigenvalue weighted by Gasteiger charge is 2.33. The molecule has 0 aromatic carbocycles. The summed E-state index contributed by atoms with van der Waals surface area (Å²) in [6.07, 6.45) is 3.65. The van der Waals surface area contributed by atoms with Gasteiger partial charge in [0.2, 0.25) is 0 Å². The summed E-state index contributed by atoms with van der Waals surface area (Å²) in [4.78, 5) is 4.37. The maximum Gasteiger partial charge on any atom is 0.103 e. The fraction of sp³-hybridized carbons (Fsp3) is 0.692. The SMILES string of the molecule is CC(C)(O)C1CC/C(=C(/C#N)C2=NCCC2)N1. The number of allylic oxidation sites excluding steroid dienone is 2. The minimum absolute atomic E-state index is 0.0304. The first kappa shape index (κ1) is 12.1. The summed E-state index contributed by atoms with van der Waals surface area (Å²) in [6.45, 7) is 4.43. The predicted molar refractivity (Wildman–Crippen MR) is 66.6 cm³/mol. The number of hydrogen-bond acceptors (Lipinski definition) is 4. The lowest BCUT2D eigenvalue weighted by molar-refractivity contribution is 0.0459. The predicted octanol–water partition coefficient (Wildman–Crippen LogP) is 1.52. The number of rotatable bonds is 2. The molecule has 1 unspecified atom stereocenters. The summed E-state index contributed by atoms with van der Waals surface area (Å²) in [5, 5.41) is 22.5. The number of aliphatic imine (C=N–C) groups is 1. The molecule has 0 aromatic heterocycles. The molecule has 17 heavy (non-hydrogen) atoms. The van der Waals surface area contributed by atoms with Gasteiger partial charge in [0.1, 0.15) is 6.07 Å². The van der Waals surface area contributed by atoms with Crippen LogP contribution in [0.15, 0.2) is 16.3 Å². The van der Waals surface area contributed by atoms with Crippen LogP contribution in [0.1, 0.15) is 39.5 Å². The molecule has 2 N–H and O–H groups in total. The average Bonchev–Trinajstić information content (AvgIpc) is 2.87. The molecule has 0 spiro atoms. The lowest BCUT2D eigenvalue weighted by Crippen LogP contribution is -2.42. The highest BCUT2D eigenvalue weighted by atomic mass is 16.3. The lowest BCUT2D eigenvalue weighted by Gasteiger charge is -2.25. The third-order valence-electron chi connectivity index (χ3n) is 3.46. The molecular formula is C13H19N3O. The topological polar surface area (TPSA) is 68.4 Å². The van der Waals surface area contributed by atoms with E-state index in [0.29, 0.717) is 5.57 Å². The molecular weight excluding hydrogens is 214 g/mol. The van der Waals surface area contributed by atoms with Gasteiger partial charge in [-0.3, -0.25) is 4.99 Å². The van der Waals surface area contributed by atoms with Crippen LogP contribution in [-0.4, -0.2) is 29.0 Å². The molecule has 92 valence electrons. The van der Waals surface area contributed by atoms with Gasteiger partial charge in [-0.05, 0) is 39.5 Å². The van der Waals surface area contributed by atoms with Crippen LogP contribution in [0.25, 0.3) is 0 Å². The van der Waals surface area contributed by atoms with E-state index in [0.717, 1.165) is 43.6 Å². The minimum atomic E-state index is -0.750. The van der Waals surface area contributed by atoms with Gasteiger partial charge in [-0.25, -0.2) is 0 Å². The number of nitrogens with one attached hydrogen (secondary N) is 1. The van der Waals surface area contributed by atoms with Crippen LogP contribution in [0.4, 0.5) is 0 Å². The van der Waals surface area contributed by atoms with Crippen molar-refractivity contribution in [1.29, 1.82) is 5.26 Å². The van der Waals surface area contributed by atoms with Crippen LogP contribution in [0.3, 0.4) is 0 Å². The molecule has 0 aromatic rings. The van der Waals surface area contributed by atoms with Gasteiger partial charge in [0, 0.05) is 12.2 Å².